The molecule has 0 bridgehead atoms. The fraction of sp³-hybridized carbons (Fsp3) is 0.478. The predicted octanol–water partition coefficient (Wildman–Crippen LogP) is 1.77. The number of carbonyl (C=O) groups excluding carboxylic acids is 2. The number of β-amino-alcohol motifs (C(OH)–C–C–N with tert-alkyl or cyclic N) is 1. The number of benzene rings is 1. The van der Waals surface area contributed by atoms with E-state index in [-0.39, 0.29) is 48.9 Å². The van der Waals surface area contributed by atoms with Crippen molar-refractivity contribution in [2.45, 2.75) is 39.1 Å². The smallest absolute Gasteiger partial charge is 0.270 e. The Balaban J connectivity index is 1.73. The minimum atomic E-state index is -1.61. The summed E-state index contributed by atoms with van der Waals surface area (Å²) in [5.74, 6) is -2.05. The molecule has 0 radical (unpaired) electrons. The Hall–Kier alpha value is -2.62. The molecule has 2 atom stereocenters. The molecule has 0 saturated carbocycles. The number of halogens is 2. The summed E-state index contributed by atoms with van der Waals surface area (Å²) in [5, 5.41) is 32.3. The van der Waals surface area contributed by atoms with Crippen LogP contribution in [0, 0.1) is 11.2 Å². The molecule has 0 spiro atoms. The van der Waals surface area contributed by atoms with Crippen LogP contribution in [0.5, 0.6) is 0 Å². The molecule has 2 saturated heterocycles. The molecule has 1 aromatic rings. The van der Waals surface area contributed by atoms with Gasteiger partial charge in [0.1, 0.15) is 11.5 Å². The maximum atomic E-state index is 13.5. The Morgan fingerprint density at radius 1 is 1.21 bits per heavy atom. The number of carbonyl (C=O) groups is 2. The Morgan fingerprint density at radius 3 is 2.58 bits per heavy atom. The summed E-state index contributed by atoms with van der Waals surface area (Å²) in [6.07, 6.45) is -2.17. The average molecular weight is 480 g/mol. The molecule has 2 amide bonds. The second-order valence-corrected chi connectivity index (χ2v) is 9.91. The van der Waals surface area contributed by atoms with Crippen LogP contribution in [0.25, 0.3) is 0 Å². The minimum Gasteiger partial charge on any atom is -0.507 e. The first-order chi connectivity index (χ1) is 15.4. The lowest BCUT2D eigenvalue weighted by molar-refractivity contribution is -0.137. The fourth-order valence-corrected chi connectivity index (χ4v) is 4.78. The largest absolute Gasteiger partial charge is 0.507 e. The zero-order valence-electron chi connectivity index (χ0n) is 18.7. The standard InChI is InChI=1S/C23H27ClFN3O5/c1-23(2)11-28-18(21(32)26(3)10-16(23)29)13-6-7-27(20(31)17(13)19(30)22(28)33)9-12-4-5-15(25)14(24)8-12/h4-5,8,16,22,29-30,33H,6-7,9-11H2,1-3H3/t16-,22?/m1/s1. The Labute approximate surface area is 196 Å². The number of piperidine rings is 1. The third-order valence-electron chi connectivity index (χ3n) is 6.64. The van der Waals surface area contributed by atoms with E-state index in [1.54, 1.807) is 7.05 Å². The summed E-state index contributed by atoms with van der Waals surface area (Å²) in [5.41, 5.74) is 0.359. The summed E-state index contributed by atoms with van der Waals surface area (Å²) in [7, 11) is 1.55. The van der Waals surface area contributed by atoms with Gasteiger partial charge in [-0.1, -0.05) is 31.5 Å². The summed E-state index contributed by atoms with van der Waals surface area (Å²) >= 11 is 5.86. The summed E-state index contributed by atoms with van der Waals surface area (Å²) in [6, 6.07) is 4.18. The third kappa shape index (κ3) is 3.98. The first-order valence-electron chi connectivity index (χ1n) is 10.7. The highest BCUT2D eigenvalue weighted by Crippen LogP contribution is 2.40. The monoisotopic (exact) mass is 479 g/mol. The van der Waals surface area contributed by atoms with Crippen molar-refractivity contribution < 1.29 is 29.3 Å². The molecule has 8 nitrogen and oxygen atoms in total. The maximum Gasteiger partial charge on any atom is 0.270 e. The van der Waals surface area contributed by atoms with Crippen LogP contribution in [0.2, 0.25) is 5.02 Å². The number of amides is 2. The van der Waals surface area contributed by atoms with Gasteiger partial charge in [-0.05, 0) is 29.7 Å². The van der Waals surface area contributed by atoms with Gasteiger partial charge in [-0.25, -0.2) is 4.39 Å². The van der Waals surface area contributed by atoms with Gasteiger partial charge < -0.3 is 30.0 Å². The van der Waals surface area contributed by atoms with Crippen molar-refractivity contribution in [1.29, 1.82) is 0 Å². The van der Waals surface area contributed by atoms with Gasteiger partial charge in [0.15, 0.2) is 12.0 Å². The second-order valence-electron chi connectivity index (χ2n) is 9.50. The molecule has 1 aromatic carbocycles. The van der Waals surface area contributed by atoms with Crippen LogP contribution in [0.4, 0.5) is 4.39 Å². The number of hydrogen-bond donors (Lipinski definition) is 3. The second kappa shape index (κ2) is 8.30. The molecule has 4 rings (SSSR count). The SMILES string of the molecule is CN1C[C@@H](O)C(C)(C)CN2C(=C3CCN(Cc4ccc(F)c(Cl)c4)C(=O)C3=C(O)C2O)C1=O. The number of likely N-dealkylation sites (N-methyl/N-ethyl adjacent to an activating group) is 1. The van der Waals surface area contributed by atoms with E-state index in [4.69, 9.17) is 11.6 Å². The van der Waals surface area contributed by atoms with E-state index in [1.807, 2.05) is 13.8 Å². The van der Waals surface area contributed by atoms with Crippen molar-refractivity contribution in [1.82, 2.24) is 14.7 Å². The number of likely N-dealkylation sites (tertiary alicyclic amines) is 1. The average Bonchev–Trinajstić information content (AvgIpc) is 2.75. The number of aliphatic hydroxyl groups excluding tert-OH is 3. The number of nitrogens with zero attached hydrogens (tertiary/aromatic N) is 3. The molecule has 3 N–H and O–H groups in total. The first kappa shape index (κ1) is 23.5. The molecule has 33 heavy (non-hydrogen) atoms. The molecule has 0 aromatic heterocycles. The molecule has 0 aliphatic carbocycles. The Morgan fingerprint density at radius 2 is 1.91 bits per heavy atom. The van der Waals surface area contributed by atoms with Crippen LogP contribution in [0.15, 0.2) is 40.8 Å². The zero-order chi connectivity index (χ0) is 24.2. The molecular weight excluding hydrogens is 453 g/mol. The van der Waals surface area contributed by atoms with Crippen molar-refractivity contribution >= 4 is 23.4 Å². The topological polar surface area (TPSA) is 105 Å². The highest BCUT2D eigenvalue weighted by atomic mass is 35.5. The lowest BCUT2D eigenvalue weighted by Crippen LogP contribution is -2.57. The molecular formula is C23H27ClFN3O5. The number of rotatable bonds is 2. The van der Waals surface area contributed by atoms with E-state index >= 15 is 0 Å². The van der Waals surface area contributed by atoms with E-state index < -0.39 is 41.1 Å². The number of aliphatic hydroxyl groups is 3. The lowest BCUT2D eigenvalue weighted by Gasteiger charge is -2.47. The van der Waals surface area contributed by atoms with Gasteiger partial charge in [-0.15, -0.1) is 0 Å². The van der Waals surface area contributed by atoms with Crippen LogP contribution >= 0.6 is 11.6 Å². The van der Waals surface area contributed by atoms with Gasteiger partial charge in [0, 0.05) is 38.6 Å². The van der Waals surface area contributed by atoms with E-state index in [0.29, 0.717) is 11.1 Å². The van der Waals surface area contributed by atoms with Crippen LogP contribution in [0.1, 0.15) is 25.8 Å². The van der Waals surface area contributed by atoms with Gasteiger partial charge in [-0.2, -0.15) is 0 Å². The molecule has 178 valence electrons. The molecule has 3 aliphatic heterocycles. The fourth-order valence-electron chi connectivity index (χ4n) is 4.58. The van der Waals surface area contributed by atoms with Crippen LogP contribution in [-0.2, 0) is 16.1 Å². The van der Waals surface area contributed by atoms with Gasteiger partial charge in [0.25, 0.3) is 11.8 Å². The van der Waals surface area contributed by atoms with Crippen LogP contribution in [0.3, 0.4) is 0 Å². The van der Waals surface area contributed by atoms with Gasteiger partial charge >= 0.3 is 0 Å². The van der Waals surface area contributed by atoms with Crippen molar-refractivity contribution in [3.63, 3.8) is 0 Å². The minimum absolute atomic E-state index is 0.0569. The molecule has 3 aliphatic rings. The third-order valence-corrected chi connectivity index (χ3v) is 6.93. The van der Waals surface area contributed by atoms with Crippen molar-refractivity contribution in [2.75, 3.05) is 26.7 Å². The molecule has 3 heterocycles. The maximum absolute atomic E-state index is 13.5. The summed E-state index contributed by atoms with van der Waals surface area (Å²) < 4.78 is 13.5. The van der Waals surface area contributed by atoms with E-state index in [1.165, 1.54) is 32.9 Å². The Bertz CT molecular complexity index is 1090. The molecule has 10 heteroatoms. The van der Waals surface area contributed by atoms with Crippen molar-refractivity contribution in [3.05, 3.63) is 57.2 Å². The molecule has 2 fully saturated rings. The van der Waals surface area contributed by atoms with Gasteiger partial charge in [0.2, 0.25) is 0 Å². The van der Waals surface area contributed by atoms with E-state index in [9.17, 15) is 29.3 Å². The predicted molar refractivity (Wildman–Crippen MR) is 118 cm³/mol. The summed E-state index contributed by atoms with van der Waals surface area (Å²) in [6.45, 7) is 4.23. The number of fused-ring (bicyclic) bond motifs is 2. The van der Waals surface area contributed by atoms with E-state index in [2.05, 4.69) is 0 Å². The highest BCUT2D eigenvalue weighted by Gasteiger charge is 2.47. The first-order valence-corrected chi connectivity index (χ1v) is 11.1. The van der Waals surface area contributed by atoms with Crippen LogP contribution in [-0.4, -0.2) is 80.8 Å². The lowest BCUT2D eigenvalue weighted by atomic mass is 9.82. The van der Waals surface area contributed by atoms with Gasteiger partial charge in [0.05, 0.1) is 16.7 Å². The Kier molecular flexibility index (Phi) is 5.92. The normalized spacial score (nSPS) is 25.7. The quantitative estimate of drug-likeness (QED) is 0.597. The van der Waals surface area contributed by atoms with E-state index in [0.717, 1.165) is 0 Å². The van der Waals surface area contributed by atoms with Gasteiger partial charge in [-0.3, -0.25) is 9.59 Å². The van der Waals surface area contributed by atoms with Crippen LogP contribution < -0.4 is 0 Å². The summed E-state index contributed by atoms with van der Waals surface area (Å²) in [4.78, 5) is 30.8. The molecule has 1 unspecified atom stereocenters. The van der Waals surface area contributed by atoms with Crippen molar-refractivity contribution in [3.8, 4) is 0 Å². The number of hydrogen-bond acceptors (Lipinski definition) is 6. The van der Waals surface area contributed by atoms with Crippen molar-refractivity contribution in [2.24, 2.45) is 5.41 Å². The zero-order valence-corrected chi connectivity index (χ0v) is 19.4. The highest BCUT2D eigenvalue weighted by molar-refractivity contribution is 6.30.